The topological polar surface area (TPSA) is 113 Å². The number of Topliss-reactive ketones (excluding diaryl/α,β-unsaturated/α-hetero) is 1. The van der Waals surface area contributed by atoms with Gasteiger partial charge in [-0.2, -0.15) is 4.72 Å². The molecule has 7 nitrogen and oxygen atoms in total. The van der Waals surface area contributed by atoms with E-state index in [9.17, 15) is 23.1 Å². The predicted molar refractivity (Wildman–Crippen MR) is 136 cm³/mol. The molecule has 0 heterocycles. The first kappa shape index (κ1) is 26.5. The Kier molecular flexibility index (Phi) is 9.14. The predicted octanol–water partition coefficient (Wildman–Crippen LogP) is 3.21. The van der Waals surface area contributed by atoms with Gasteiger partial charge in [-0.25, -0.2) is 8.42 Å². The number of rotatable bonds is 12. The summed E-state index contributed by atoms with van der Waals surface area (Å²) in [4.78, 5) is 25.7. The first-order valence-electron chi connectivity index (χ1n) is 11.7. The molecular formula is C27H32N2O5S. The number of fused-ring (bicyclic) bond motifs is 1. The van der Waals surface area contributed by atoms with Gasteiger partial charge in [0, 0.05) is 0 Å². The van der Waals surface area contributed by atoms with E-state index in [4.69, 9.17) is 0 Å². The zero-order chi connectivity index (χ0) is 25.4. The molecule has 0 fully saturated rings. The molecule has 3 atom stereocenters. The highest BCUT2D eigenvalue weighted by molar-refractivity contribution is 7.89. The van der Waals surface area contributed by atoms with Gasteiger partial charge in [0.05, 0.1) is 10.9 Å². The first-order chi connectivity index (χ1) is 16.7. The van der Waals surface area contributed by atoms with E-state index in [2.05, 4.69) is 10.0 Å². The summed E-state index contributed by atoms with van der Waals surface area (Å²) in [6, 6.07) is 19.7. The molecule has 0 spiro atoms. The van der Waals surface area contributed by atoms with E-state index in [1.165, 1.54) is 6.07 Å². The van der Waals surface area contributed by atoms with Crippen molar-refractivity contribution in [3.63, 3.8) is 0 Å². The van der Waals surface area contributed by atoms with Crippen molar-refractivity contribution in [1.29, 1.82) is 0 Å². The molecule has 0 aliphatic rings. The quantitative estimate of drug-likeness (QED) is 0.356. The molecule has 3 rings (SSSR count). The highest BCUT2D eigenvalue weighted by Gasteiger charge is 2.32. The van der Waals surface area contributed by atoms with Crippen molar-refractivity contribution in [2.45, 2.75) is 50.1 Å². The highest BCUT2D eigenvalue weighted by atomic mass is 32.2. The standard InChI is InChI=1S/C27H32N2O5S/c1-3-19(2)26(29-35(33,34)23-15-14-21-11-7-8-12-22(21)17-23)27(32)28-24(25(31)18-30)16-13-20-9-5-4-6-10-20/h4-12,14-15,17,19,24,26,29-30H,3,13,16,18H2,1-2H3,(H,28,32). The van der Waals surface area contributed by atoms with Crippen LogP contribution in [0.3, 0.4) is 0 Å². The number of hydrogen-bond donors (Lipinski definition) is 3. The summed E-state index contributed by atoms with van der Waals surface area (Å²) in [5, 5.41) is 13.8. The third-order valence-electron chi connectivity index (χ3n) is 6.23. The number of carbonyl (C=O) groups excluding carboxylic acids is 2. The average Bonchev–Trinajstić information content (AvgIpc) is 2.88. The number of hydrogen-bond acceptors (Lipinski definition) is 5. The van der Waals surface area contributed by atoms with Gasteiger partial charge < -0.3 is 10.4 Å². The lowest BCUT2D eigenvalue weighted by atomic mass is 9.97. The summed E-state index contributed by atoms with van der Waals surface area (Å²) >= 11 is 0. The molecular weight excluding hydrogens is 464 g/mol. The van der Waals surface area contributed by atoms with Gasteiger partial charge in [0.15, 0.2) is 5.78 Å². The maximum Gasteiger partial charge on any atom is 0.241 e. The average molecular weight is 497 g/mol. The minimum Gasteiger partial charge on any atom is -0.389 e. The Morgan fingerprint density at radius 2 is 1.60 bits per heavy atom. The molecule has 3 aromatic rings. The van der Waals surface area contributed by atoms with Crippen LogP contribution in [0, 0.1) is 5.92 Å². The number of ketones is 1. The molecule has 0 bridgehead atoms. The van der Waals surface area contributed by atoms with E-state index in [1.807, 2.05) is 61.5 Å². The number of aryl methyl sites for hydroxylation is 1. The minimum absolute atomic E-state index is 0.0596. The molecule has 3 unspecified atom stereocenters. The van der Waals surface area contributed by atoms with Crippen LogP contribution in [0.5, 0.6) is 0 Å². The monoisotopic (exact) mass is 496 g/mol. The Bertz CT molecular complexity index is 1260. The van der Waals surface area contributed by atoms with Crippen LogP contribution < -0.4 is 10.0 Å². The smallest absolute Gasteiger partial charge is 0.241 e. The SMILES string of the molecule is CCC(C)C(NS(=O)(=O)c1ccc2ccccc2c1)C(=O)NC(CCc1ccccc1)C(=O)CO. The van der Waals surface area contributed by atoms with E-state index >= 15 is 0 Å². The molecule has 0 aromatic heterocycles. The van der Waals surface area contributed by atoms with E-state index in [0.29, 0.717) is 19.3 Å². The van der Waals surface area contributed by atoms with Crippen molar-refractivity contribution in [2.24, 2.45) is 5.92 Å². The van der Waals surface area contributed by atoms with Crippen LogP contribution in [0.1, 0.15) is 32.3 Å². The summed E-state index contributed by atoms with van der Waals surface area (Å²) in [6.45, 7) is 2.93. The second-order valence-electron chi connectivity index (χ2n) is 8.70. The molecule has 0 saturated carbocycles. The Morgan fingerprint density at radius 3 is 2.26 bits per heavy atom. The molecule has 3 aromatic carbocycles. The van der Waals surface area contributed by atoms with Crippen LogP contribution in [-0.2, 0) is 26.0 Å². The minimum atomic E-state index is -4.01. The van der Waals surface area contributed by atoms with Gasteiger partial charge in [0.1, 0.15) is 12.6 Å². The Labute approximate surface area is 206 Å². The number of aliphatic hydroxyl groups excluding tert-OH is 1. The van der Waals surface area contributed by atoms with Crippen molar-refractivity contribution in [3.05, 3.63) is 78.4 Å². The lowest BCUT2D eigenvalue weighted by molar-refractivity contribution is -0.130. The van der Waals surface area contributed by atoms with Crippen LogP contribution >= 0.6 is 0 Å². The Balaban J connectivity index is 1.79. The van der Waals surface area contributed by atoms with Crippen LogP contribution in [-0.4, -0.2) is 43.9 Å². The van der Waals surface area contributed by atoms with Crippen molar-refractivity contribution >= 4 is 32.5 Å². The third-order valence-corrected chi connectivity index (χ3v) is 7.67. The van der Waals surface area contributed by atoms with Gasteiger partial charge in [0.2, 0.25) is 15.9 Å². The number of carbonyl (C=O) groups is 2. The normalized spacial score (nSPS) is 14.3. The zero-order valence-electron chi connectivity index (χ0n) is 20.0. The number of sulfonamides is 1. The van der Waals surface area contributed by atoms with Gasteiger partial charge >= 0.3 is 0 Å². The molecule has 0 radical (unpaired) electrons. The van der Waals surface area contributed by atoms with E-state index in [-0.39, 0.29) is 10.8 Å². The lowest BCUT2D eigenvalue weighted by Crippen LogP contribution is -2.54. The Hall–Kier alpha value is -3.07. The number of aliphatic hydroxyl groups is 1. The number of benzene rings is 3. The molecule has 8 heteroatoms. The number of amides is 1. The second kappa shape index (κ2) is 12.1. The van der Waals surface area contributed by atoms with Crippen molar-refractivity contribution in [2.75, 3.05) is 6.61 Å². The molecule has 0 aliphatic heterocycles. The molecule has 0 aliphatic carbocycles. The van der Waals surface area contributed by atoms with Gasteiger partial charge in [-0.05, 0) is 47.2 Å². The van der Waals surface area contributed by atoms with E-state index in [1.54, 1.807) is 19.1 Å². The summed E-state index contributed by atoms with van der Waals surface area (Å²) in [5.41, 5.74) is 0.993. The van der Waals surface area contributed by atoms with Crippen molar-refractivity contribution in [3.8, 4) is 0 Å². The molecule has 1 amide bonds. The van der Waals surface area contributed by atoms with Crippen molar-refractivity contribution in [1.82, 2.24) is 10.0 Å². The van der Waals surface area contributed by atoms with E-state index < -0.39 is 40.4 Å². The summed E-state index contributed by atoms with van der Waals surface area (Å²) in [5.74, 6) is -1.44. The number of nitrogens with one attached hydrogen (secondary N) is 2. The summed E-state index contributed by atoms with van der Waals surface area (Å²) < 4.78 is 28.9. The molecule has 35 heavy (non-hydrogen) atoms. The van der Waals surface area contributed by atoms with Crippen LogP contribution in [0.4, 0.5) is 0 Å². The lowest BCUT2D eigenvalue weighted by Gasteiger charge is -2.26. The van der Waals surface area contributed by atoms with Crippen LogP contribution in [0.25, 0.3) is 10.8 Å². The largest absolute Gasteiger partial charge is 0.389 e. The summed E-state index contributed by atoms with van der Waals surface area (Å²) in [7, 11) is -4.01. The Morgan fingerprint density at radius 1 is 0.943 bits per heavy atom. The fraction of sp³-hybridized carbons (Fsp3) is 0.333. The fourth-order valence-corrected chi connectivity index (χ4v) is 5.21. The van der Waals surface area contributed by atoms with Crippen LogP contribution in [0.2, 0.25) is 0 Å². The fourth-order valence-electron chi connectivity index (χ4n) is 3.87. The first-order valence-corrected chi connectivity index (χ1v) is 13.2. The van der Waals surface area contributed by atoms with Gasteiger partial charge in [0.25, 0.3) is 0 Å². The van der Waals surface area contributed by atoms with Gasteiger partial charge in [-0.1, -0.05) is 80.9 Å². The third kappa shape index (κ3) is 6.97. The maximum absolute atomic E-state index is 13.2. The second-order valence-corrected chi connectivity index (χ2v) is 10.4. The highest BCUT2D eigenvalue weighted by Crippen LogP contribution is 2.20. The molecule has 186 valence electrons. The zero-order valence-corrected chi connectivity index (χ0v) is 20.8. The van der Waals surface area contributed by atoms with Crippen molar-refractivity contribution < 1.29 is 23.1 Å². The van der Waals surface area contributed by atoms with Crippen LogP contribution in [0.15, 0.2) is 77.7 Å². The molecule has 0 saturated heterocycles. The molecule has 3 N–H and O–H groups in total. The maximum atomic E-state index is 13.2. The van der Waals surface area contributed by atoms with E-state index in [0.717, 1.165) is 16.3 Å². The van der Waals surface area contributed by atoms with Gasteiger partial charge in [-0.15, -0.1) is 0 Å². The summed E-state index contributed by atoms with van der Waals surface area (Å²) in [6.07, 6.45) is 1.36. The van der Waals surface area contributed by atoms with Gasteiger partial charge in [-0.3, -0.25) is 9.59 Å².